The predicted octanol–water partition coefficient (Wildman–Crippen LogP) is 3.16. The number of pyridine rings is 1. The third-order valence-corrected chi connectivity index (χ3v) is 5.70. The van der Waals surface area contributed by atoms with Gasteiger partial charge in [-0.2, -0.15) is 10.2 Å². The van der Waals surface area contributed by atoms with Gasteiger partial charge in [0.05, 0.1) is 28.8 Å². The fraction of sp³-hybridized carbons (Fsp3) is 0.0769. The summed E-state index contributed by atoms with van der Waals surface area (Å²) in [5.41, 5.74) is 7.88. The lowest BCUT2D eigenvalue weighted by atomic mass is 10.0. The number of hydrogen-bond donors (Lipinski definition) is 3. The van der Waals surface area contributed by atoms with Crippen LogP contribution in [0.5, 0.6) is 0 Å². The Bertz CT molecular complexity index is 1730. The molecule has 0 saturated heterocycles. The van der Waals surface area contributed by atoms with Crippen molar-refractivity contribution in [3.8, 4) is 22.9 Å². The molecular formula is C26H20N8O2. The number of nitrogens with zero attached hydrogens (tertiary/aromatic N) is 5. The number of H-pyrrole nitrogens is 1. The molecular weight excluding hydrogens is 456 g/mol. The lowest BCUT2D eigenvalue weighted by Gasteiger charge is -2.21. The molecule has 2 aromatic carbocycles. The summed E-state index contributed by atoms with van der Waals surface area (Å²) in [6.07, 6.45) is 2.91. The number of para-hydroxylation sites is 1. The maximum absolute atomic E-state index is 14.1. The number of anilines is 2. The lowest BCUT2D eigenvalue weighted by Crippen LogP contribution is -2.28. The summed E-state index contributed by atoms with van der Waals surface area (Å²) in [6.45, 7) is 1.82. The van der Waals surface area contributed by atoms with E-state index in [4.69, 9.17) is 10.7 Å². The van der Waals surface area contributed by atoms with Crippen molar-refractivity contribution in [2.75, 3.05) is 11.1 Å². The molecule has 5 aromatic rings. The molecule has 0 saturated carbocycles. The monoisotopic (exact) mass is 476 g/mol. The normalized spacial score (nSPS) is 11.7. The SMILES string of the molecule is C[C@@H](Nc1nc(N)ncc1C#N)c1nc2cccc(-c3ccc(=O)[nH]c3)c2c(=O)n1-c1ccccc1. The summed E-state index contributed by atoms with van der Waals surface area (Å²) in [4.78, 5) is 41.2. The van der Waals surface area contributed by atoms with Gasteiger partial charge in [-0.05, 0) is 42.3 Å². The average Bonchev–Trinajstić information content (AvgIpc) is 2.89. The number of aromatic nitrogens is 5. The van der Waals surface area contributed by atoms with E-state index in [0.29, 0.717) is 33.5 Å². The van der Waals surface area contributed by atoms with Crippen molar-refractivity contribution >= 4 is 22.7 Å². The first kappa shape index (κ1) is 22.5. The quantitative estimate of drug-likeness (QED) is 0.349. The first-order valence-electron chi connectivity index (χ1n) is 11.1. The molecule has 0 aliphatic rings. The highest BCUT2D eigenvalue weighted by Crippen LogP contribution is 2.28. The average molecular weight is 477 g/mol. The summed E-state index contributed by atoms with van der Waals surface area (Å²) >= 11 is 0. The van der Waals surface area contributed by atoms with Crippen molar-refractivity contribution in [3.63, 3.8) is 0 Å². The Morgan fingerprint density at radius 2 is 1.86 bits per heavy atom. The second kappa shape index (κ2) is 9.15. The van der Waals surface area contributed by atoms with Crippen LogP contribution in [-0.2, 0) is 0 Å². The number of aromatic amines is 1. The Hall–Kier alpha value is -5.30. The van der Waals surface area contributed by atoms with Crippen molar-refractivity contribution in [3.05, 3.63) is 105 Å². The van der Waals surface area contributed by atoms with Gasteiger partial charge in [-0.15, -0.1) is 0 Å². The Morgan fingerprint density at radius 1 is 1.06 bits per heavy atom. The van der Waals surface area contributed by atoms with Crippen LogP contribution >= 0.6 is 0 Å². The zero-order valence-electron chi connectivity index (χ0n) is 19.1. The minimum atomic E-state index is -0.541. The Kier molecular flexibility index (Phi) is 5.72. The van der Waals surface area contributed by atoms with Crippen LogP contribution in [0.15, 0.2) is 82.6 Å². The molecule has 0 radical (unpaired) electrons. The van der Waals surface area contributed by atoms with E-state index in [1.165, 1.54) is 16.8 Å². The predicted molar refractivity (Wildman–Crippen MR) is 137 cm³/mol. The van der Waals surface area contributed by atoms with Crippen LogP contribution in [0.1, 0.15) is 24.4 Å². The molecule has 0 spiro atoms. The Morgan fingerprint density at radius 3 is 2.58 bits per heavy atom. The van der Waals surface area contributed by atoms with E-state index in [1.54, 1.807) is 18.3 Å². The van der Waals surface area contributed by atoms with E-state index < -0.39 is 6.04 Å². The van der Waals surface area contributed by atoms with Gasteiger partial charge in [-0.25, -0.2) is 9.97 Å². The second-order valence-corrected chi connectivity index (χ2v) is 8.06. The van der Waals surface area contributed by atoms with Crippen molar-refractivity contribution in [1.82, 2.24) is 24.5 Å². The van der Waals surface area contributed by atoms with Gasteiger partial charge in [-0.3, -0.25) is 14.2 Å². The molecule has 36 heavy (non-hydrogen) atoms. The number of benzene rings is 2. The van der Waals surface area contributed by atoms with Crippen molar-refractivity contribution in [2.45, 2.75) is 13.0 Å². The Balaban J connectivity index is 1.75. The zero-order valence-corrected chi connectivity index (χ0v) is 19.1. The topological polar surface area (TPSA) is 155 Å². The van der Waals surface area contributed by atoms with Gasteiger partial charge >= 0.3 is 0 Å². The molecule has 10 nitrogen and oxygen atoms in total. The molecule has 0 aliphatic heterocycles. The molecule has 0 unspecified atom stereocenters. The van der Waals surface area contributed by atoms with E-state index in [-0.39, 0.29) is 28.4 Å². The van der Waals surface area contributed by atoms with Gasteiger partial charge < -0.3 is 16.0 Å². The summed E-state index contributed by atoms with van der Waals surface area (Å²) in [6, 6.07) is 19.1. The number of hydrogen-bond acceptors (Lipinski definition) is 8. The first-order valence-corrected chi connectivity index (χ1v) is 11.1. The molecule has 0 amide bonds. The highest BCUT2D eigenvalue weighted by Gasteiger charge is 2.21. The van der Waals surface area contributed by atoms with E-state index in [0.717, 1.165) is 0 Å². The van der Waals surface area contributed by atoms with Crippen molar-refractivity contribution in [2.24, 2.45) is 0 Å². The number of nitriles is 1. The van der Waals surface area contributed by atoms with Gasteiger partial charge in [0.15, 0.2) is 0 Å². The molecule has 3 heterocycles. The molecule has 5 rings (SSSR count). The molecule has 0 bridgehead atoms. The fourth-order valence-corrected chi connectivity index (χ4v) is 4.04. The van der Waals surface area contributed by atoms with Crippen molar-refractivity contribution < 1.29 is 0 Å². The molecule has 10 heteroatoms. The summed E-state index contributed by atoms with van der Waals surface area (Å²) in [5, 5.41) is 13.0. The standard InChI is InChI=1S/C26H20N8O2/c1-15(31-23-17(12-27)14-30-26(28)33-23)24-32-20-9-5-8-19(16-10-11-21(35)29-13-16)22(20)25(36)34(24)18-6-3-2-4-7-18/h2-11,13-15H,1H3,(H,29,35)(H3,28,30,31,33)/t15-/m1/s1. The summed E-state index contributed by atoms with van der Waals surface area (Å²) < 4.78 is 1.53. The maximum Gasteiger partial charge on any atom is 0.266 e. The van der Waals surface area contributed by atoms with Crippen LogP contribution in [0.4, 0.5) is 11.8 Å². The highest BCUT2D eigenvalue weighted by molar-refractivity contribution is 5.94. The van der Waals surface area contributed by atoms with Crippen LogP contribution in [0, 0.1) is 11.3 Å². The Labute approximate surface area is 204 Å². The van der Waals surface area contributed by atoms with E-state index in [1.807, 2.05) is 55.5 Å². The summed E-state index contributed by atoms with van der Waals surface area (Å²) in [7, 11) is 0. The number of nitrogens with one attached hydrogen (secondary N) is 2. The molecule has 1 atom stereocenters. The molecule has 176 valence electrons. The number of nitrogens with two attached hydrogens (primary N) is 1. The maximum atomic E-state index is 14.1. The van der Waals surface area contributed by atoms with E-state index in [9.17, 15) is 14.9 Å². The smallest absolute Gasteiger partial charge is 0.266 e. The minimum Gasteiger partial charge on any atom is -0.368 e. The molecule has 4 N–H and O–H groups in total. The number of nitrogen functional groups attached to an aromatic ring is 1. The first-order chi connectivity index (χ1) is 17.5. The van der Waals surface area contributed by atoms with Crippen LogP contribution in [0.25, 0.3) is 27.7 Å². The van der Waals surface area contributed by atoms with E-state index >= 15 is 0 Å². The highest BCUT2D eigenvalue weighted by atomic mass is 16.1. The van der Waals surface area contributed by atoms with Crippen LogP contribution in [-0.4, -0.2) is 24.5 Å². The van der Waals surface area contributed by atoms with Crippen LogP contribution in [0.3, 0.4) is 0 Å². The van der Waals surface area contributed by atoms with Gasteiger partial charge in [0.25, 0.3) is 5.56 Å². The van der Waals surface area contributed by atoms with Gasteiger partial charge in [0.2, 0.25) is 11.5 Å². The third-order valence-electron chi connectivity index (χ3n) is 5.70. The van der Waals surface area contributed by atoms with E-state index in [2.05, 4.69) is 20.3 Å². The molecule has 0 aliphatic carbocycles. The fourth-order valence-electron chi connectivity index (χ4n) is 4.04. The summed E-state index contributed by atoms with van der Waals surface area (Å²) in [5.74, 6) is 0.674. The molecule has 3 aromatic heterocycles. The third kappa shape index (κ3) is 4.05. The minimum absolute atomic E-state index is 0.0150. The number of rotatable bonds is 5. The zero-order chi connectivity index (χ0) is 25.2. The van der Waals surface area contributed by atoms with Gasteiger partial charge in [-0.1, -0.05) is 30.3 Å². The van der Waals surface area contributed by atoms with Gasteiger partial charge in [0.1, 0.15) is 23.3 Å². The largest absolute Gasteiger partial charge is 0.368 e. The lowest BCUT2D eigenvalue weighted by molar-refractivity contribution is 0.731. The van der Waals surface area contributed by atoms with Crippen LogP contribution in [0.2, 0.25) is 0 Å². The van der Waals surface area contributed by atoms with Crippen molar-refractivity contribution in [1.29, 1.82) is 5.26 Å². The second-order valence-electron chi connectivity index (χ2n) is 8.06. The molecule has 0 fully saturated rings. The van der Waals surface area contributed by atoms with Gasteiger partial charge in [0, 0.05) is 12.3 Å². The number of fused-ring (bicyclic) bond motifs is 1. The van der Waals surface area contributed by atoms with Crippen LogP contribution < -0.4 is 22.2 Å².